The normalized spacial score (nSPS) is 25.3. The van der Waals surface area contributed by atoms with E-state index in [0.29, 0.717) is 18.3 Å². The van der Waals surface area contributed by atoms with Crippen molar-refractivity contribution in [2.24, 2.45) is 17.3 Å². The molecular weight excluding hydrogens is 314 g/mol. The topological polar surface area (TPSA) is 57.6 Å². The Bertz CT molecular complexity index is 642. The van der Waals surface area contributed by atoms with Crippen LogP contribution in [0.2, 0.25) is 0 Å². The van der Waals surface area contributed by atoms with Crippen molar-refractivity contribution < 1.29 is 14.7 Å². The fourth-order valence-electron chi connectivity index (χ4n) is 4.50. The van der Waals surface area contributed by atoms with Crippen LogP contribution in [0.4, 0.5) is 0 Å². The molecule has 2 fully saturated rings. The molecule has 0 radical (unpaired) electrons. The fourth-order valence-corrected chi connectivity index (χ4v) is 4.50. The number of likely N-dealkylation sites (tertiary alicyclic amines) is 1. The molecule has 4 heteroatoms. The fraction of sp³-hybridized carbons (Fsp3) is 0.619. The number of nitrogens with zero attached hydrogens (tertiary/aromatic N) is 1. The average molecular weight is 343 g/mol. The van der Waals surface area contributed by atoms with Crippen molar-refractivity contribution in [2.45, 2.75) is 52.4 Å². The summed E-state index contributed by atoms with van der Waals surface area (Å²) in [6.45, 7) is 5.35. The number of carbonyl (C=O) groups is 2. The van der Waals surface area contributed by atoms with Gasteiger partial charge in [-0.3, -0.25) is 9.59 Å². The Hall–Kier alpha value is -1.84. The second-order valence-electron chi connectivity index (χ2n) is 8.25. The van der Waals surface area contributed by atoms with Crippen molar-refractivity contribution in [1.29, 1.82) is 0 Å². The zero-order valence-corrected chi connectivity index (χ0v) is 15.3. The van der Waals surface area contributed by atoms with Crippen LogP contribution in [0.1, 0.15) is 50.2 Å². The molecule has 2 aliphatic rings. The van der Waals surface area contributed by atoms with Gasteiger partial charge in [-0.25, -0.2) is 0 Å². The third-order valence-corrected chi connectivity index (χ3v) is 6.23. The number of hydrogen-bond acceptors (Lipinski definition) is 2. The van der Waals surface area contributed by atoms with E-state index in [1.807, 2.05) is 36.1 Å². The summed E-state index contributed by atoms with van der Waals surface area (Å²) < 4.78 is 0. The van der Waals surface area contributed by atoms with Crippen LogP contribution in [-0.2, 0) is 16.0 Å². The van der Waals surface area contributed by atoms with Gasteiger partial charge in [0.15, 0.2) is 0 Å². The molecule has 3 rings (SSSR count). The molecule has 1 aliphatic heterocycles. The van der Waals surface area contributed by atoms with E-state index in [1.54, 1.807) is 6.92 Å². The average Bonchev–Trinajstić information content (AvgIpc) is 3.01. The molecule has 0 spiro atoms. The summed E-state index contributed by atoms with van der Waals surface area (Å²) in [5, 5.41) is 9.81. The highest BCUT2D eigenvalue weighted by Crippen LogP contribution is 2.37. The van der Waals surface area contributed by atoms with Gasteiger partial charge in [-0.05, 0) is 56.1 Å². The molecule has 0 bridgehead atoms. The predicted octanol–water partition coefficient (Wildman–Crippen LogP) is 3.67. The summed E-state index contributed by atoms with van der Waals surface area (Å²) in [5.41, 5.74) is 1.03. The van der Waals surface area contributed by atoms with Crippen LogP contribution in [0, 0.1) is 24.2 Å². The minimum Gasteiger partial charge on any atom is -0.481 e. The molecule has 1 N–H and O–H groups in total. The largest absolute Gasteiger partial charge is 0.481 e. The van der Waals surface area contributed by atoms with Gasteiger partial charge in [0.25, 0.3) is 0 Å². The van der Waals surface area contributed by atoms with E-state index in [-0.39, 0.29) is 12.3 Å². The van der Waals surface area contributed by atoms with E-state index >= 15 is 0 Å². The first-order valence-corrected chi connectivity index (χ1v) is 9.45. The van der Waals surface area contributed by atoms with Crippen LogP contribution in [0.5, 0.6) is 0 Å². The van der Waals surface area contributed by atoms with Crippen LogP contribution >= 0.6 is 0 Å². The van der Waals surface area contributed by atoms with Gasteiger partial charge in [-0.1, -0.05) is 37.1 Å². The lowest BCUT2D eigenvalue weighted by Crippen LogP contribution is -2.39. The molecule has 3 atom stereocenters. The summed E-state index contributed by atoms with van der Waals surface area (Å²) in [6.07, 6.45) is 5.44. The molecule has 25 heavy (non-hydrogen) atoms. The van der Waals surface area contributed by atoms with Gasteiger partial charge in [0.2, 0.25) is 5.91 Å². The number of aliphatic carboxylic acids is 1. The quantitative estimate of drug-likeness (QED) is 0.887. The number of hydrogen-bond donors (Lipinski definition) is 1. The third-order valence-electron chi connectivity index (χ3n) is 6.23. The maximum atomic E-state index is 12.8. The Balaban J connectivity index is 1.70. The molecule has 1 saturated carbocycles. The van der Waals surface area contributed by atoms with Crippen molar-refractivity contribution in [3.05, 3.63) is 35.4 Å². The van der Waals surface area contributed by atoms with E-state index in [2.05, 4.69) is 0 Å². The molecule has 1 heterocycles. The highest BCUT2D eigenvalue weighted by Gasteiger charge is 2.41. The van der Waals surface area contributed by atoms with Crippen molar-refractivity contribution in [3.8, 4) is 0 Å². The Morgan fingerprint density at radius 1 is 1.16 bits per heavy atom. The van der Waals surface area contributed by atoms with E-state index in [1.165, 1.54) is 25.7 Å². The molecule has 1 unspecified atom stereocenters. The van der Waals surface area contributed by atoms with E-state index in [0.717, 1.165) is 24.2 Å². The molecule has 0 aromatic heterocycles. The molecule has 1 aromatic carbocycles. The predicted molar refractivity (Wildman–Crippen MR) is 97.3 cm³/mol. The lowest BCUT2D eigenvalue weighted by atomic mass is 9.79. The van der Waals surface area contributed by atoms with E-state index < -0.39 is 11.4 Å². The van der Waals surface area contributed by atoms with Crippen molar-refractivity contribution in [1.82, 2.24) is 4.90 Å². The summed E-state index contributed by atoms with van der Waals surface area (Å²) in [4.78, 5) is 26.7. The Labute approximate surface area is 150 Å². The van der Waals surface area contributed by atoms with Gasteiger partial charge >= 0.3 is 5.97 Å². The van der Waals surface area contributed by atoms with Crippen LogP contribution in [0.3, 0.4) is 0 Å². The minimum absolute atomic E-state index is 0.00730. The Morgan fingerprint density at radius 3 is 2.32 bits per heavy atom. The maximum absolute atomic E-state index is 12.8. The number of rotatable bonds is 5. The smallest absolute Gasteiger partial charge is 0.310 e. The van der Waals surface area contributed by atoms with Gasteiger partial charge in [0.1, 0.15) is 0 Å². The number of carbonyl (C=O) groups excluding carboxylic acids is 1. The molecular formula is C21H29NO3. The highest BCUT2D eigenvalue weighted by molar-refractivity contribution is 5.85. The Morgan fingerprint density at radius 2 is 1.76 bits per heavy atom. The van der Waals surface area contributed by atoms with Gasteiger partial charge in [0, 0.05) is 19.5 Å². The van der Waals surface area contributed by atoms with Crippen molar-refractivity contribution in [2.75, 3.05) is 13.1 Å². The van der Waals surface area contributed by atoms with Gasteiger partial charge in [0.05, 0.1) is 5.41 Å². The van der Waals surface area contributed by atoms with Gasteiger partial charge in [-0.15, -0.1) is 0 Å². The number of benzene rings is 1. The second kappa shape index (κ2) is 7.19. The van der Waals surface area contributed by atoms with Crippen LogP contribution in [0.25, 0.3) is 0 Å². The first kappa shape index (κ1) is 18.0. The number of fused-ring (bicyclic) bond motifs is 1. The standard InChI is InChI=1S/C21H29NO3/c1-15-7-3-4-8-16(15)11-21(2,20(24)25)12-19(23)22-13-17-9-5-6-10-18(17)14-22/h3-4,7-8,17-18H,5-6,9-14H2,1-2H3,(H,24,25)/t17-,18+,21?. The minimum atomic E-state index is -1.06. The lowest BCUT2D eigenvalue weighted by molar-refractivity contribution is -0.152. The molecule has 1 amide bonds. The van der Waals surface area contributed by atoms with Gasteiger partial charge < -0.3 is 10.0 Å². The summed E-state index contributed by atoms with van der Waals surface area (Å²) in [7, 11) is 0. The molecule has 4 nitrogen and oxygen atoms in total. The van der Waals surface area contributed by atoms with Crippen LogP contribution < -0.4 is 0 Å². The van der Waals surface area contributed by atoms with Crippen molar-refractivity contribution in [3.63, 3.8) is 0 Å². The second-order valence-corrected chi connectivity index (χ2v) is 8.25. The number of carboxylic acids is 1. The summed E-state index contributed by atoms with van der Waals surface area (Å²) in [6, 6.07) is 7.83. The van der Waals surface area contributed by atoms with Crippen LogP contribution in [-0.4, -0.2) is 35.0 Å². The number of aryl methyl sites for hydroxylation is 1. The van der Waals surface area contributed by atoms with Crippen molar-refractivity contribution >= 4 is 11.9 Å². The van der Waals surface area contributed by atoms with Crippen LogP contribution in [0.15, 0.2) is 24.3 Å². The first-order valence-electron chi connectivity index (χ1n) is 9.45. The maximum Gasteiger partial charge on any atom is 0.310 e. The first-order chi connectivity index (χ1) is 11.9. The summed E-state index contributed by atoms with van der Waals surface area (Å²) >= 11 is 0. The molecule has 1 aromatic rings. The van der Waals surface area contributed by atoms with E-state index in [4.69, 9.17) is 0 Å². The van der Waals surface area contributed by atoms with Gasteiger partial charge in [-0.2, -0.15) is 0 Å². The number of amides is 1. The molecule has 1 aliphatic carbocycles. The molecule has 1 saturated heterocycles. The highest BCUT2D eigenvalue weighted by atomic mass is 16.4. The van der Waals surface area contributed by atoms with E-state index in [9.17, 15) is 14.7 Å². The number of carboxylic acid groups (broad SMARTS) is 1. The zero-order chi connectivity index (χ0) is 18.0. The SMILES string of the molecule is Cc1ccccc1CC(C)(CC(=O)N1C[C@H]2CCCC[C@H]2C1)C(=O)O. The third kappa shape index (κ3) is 3.88. The lowest BCUT2D eigenvalue weighted by Gasteiger charge is -2.27. The monoisotopic (exact) mass is 343 g/mol. The Kier molecular flexibility index (Phi) is 5.16. The molecule has 136 valence electrons. The summed E-state index contributed by atoms with van der Waals surface area (Å²) in [5.74, 6) is 0.379. The zero-order valence-electron chi connectivity index (χ0n) is 15.3.